The number of rotatable bonds is 8. The van der Waals surface area contributed by atoms with Gasteiger partial charge in [-0.25, -0.2) is 4.79 Å². The van der Waals surface area contributed by atoms with Gasteiger partial charge in [-0.2, -0.15) is 8.42 Å². The van der Waals surface area contributed by atoms with Crippen LogP contribution in [0.2, 0.25) is 0 Å². The summed E-state index contributed by atoms with van der Waals surface area (Å²) in [4.78, 5) is 13.9. The minimum atomic E-state index is -3.67. The SMILES string of the molecule is CCNC(=O)N(Cc1ccc(OC)c(OS(C)(=O)=O)c1)CC(C)C. The standard InChI is InChI=1S/C16H26N2O5S/c1-6-17-16(19)18(10-12(2)3)11-13-7-8-14(22-4)15(9-13)23-24(5,20)21/h7-9,12H,6,10-11H2,1-5H3,(H,17,19). The van der Waals surface area contributed by atoms with E-state index in [1.54, 1.807) is 23.1 Å². The van der Waals surface area contributed by atoms with Crippen LogP contribution in [0.15, 0.2) is 18.2 Å². The molecule has 0 saturated carbocycles. The fourth-order valence-corrected chi connectivity index (χ4v) is 2.65. The highest BCUT2D eigenvalue weighted by Gasteiger charge is 2.17. The van der Waals surface area contributed by atoms with Crippen LogP contribution in [0.4, 0.5) is 4.79 Å². The number of ether oxygens (including phenoxy) is 1. The lowest BCUT2D eigenvalue weighted by atomic mass is 10.1. The van der Waals surface area contributed by atoms with Gasteiger partial charge in [0.2, 0.25) is 0 Å². The Kier molecular flexibility index (Phi) is 7.34. The first-order chi connectivity index (χ1) is 11.2. The van der Waals surface area contributed by atoms with Crippen molar-refractivity contribution in [2.24, 2.45) is 5.92 Å². The Morgan fingerprint density at radius 3 is 2.46 bits per heavy atom. The van der Waals surface area contributed by atoms with Crippen LogP contribution in [0.3, 0.4) is 0 Å². The van der Waals surface area contributed by atoms with E-state index in [0.717, 1.165) is 11.8 Å². The second-order valence-corrected chi connectivity index (χ2v) is 7.46. The third kappa shape index (κ3) is 6.66. The van der Waals surface area contributed by atoms with Crippen molar-refractivity contribution in [3.8, 4) is 11.5 Å². The number of amides is 2. The van der Waals surface area contributed by atoms with Crippen molar-refractivity contribution in [1.29, 1.82) is 0 Å². The molecule has 0 saturated heterocycles. The molecule has 1 N–H and O–H groups in total. The molecule has 0 atom stereocenters. The Morgan fingerprint density at radius 1 is 1.29 bits per heavy atom. The number of carbonyl (C=O) groups is 1. The average Bonchev–Trinajstić information content (AvgIpc) is 2.45. The Balaban J connectivity index is 3.06. The molecule has 0 bridgehead atoms. The highest BCUT2D eigenvalue weighted by molar-refractivity contribution is 7.86. The number of hydrogen-bond donors (Lipinski definition) is 1. The van der Waals surface area contributed by atoms with E-state index in [2.05, 4.69) is 5.32 Å². The maximum absolute atomic E-state index is 12.2. The zero-order chi connectivity index (χ0) is 18.3. The lowest BCUT2D eigenvalue weighted by molar-refractivity contribution is 0.188. The minimum absolute atomic E-state index is 0.109. The molecular formula is C16H26N2O5S. The monoisotopic (exact) mass is 358 g/mol. The summed E-state index contributed by atoms with van der Waals surface area (Å²) in [7, 11) is -2.24. The summed E-state index contributed by atoms with van der Waals surface area (Å²) in [6.07, 6.45) is 0.971. The van der Waals surface area contributed by atoms with Crippen molar-refractivity contribution in [1.82, 2.24) is 10.2 Å². The third-order valence-corrected chi connectivity index (χ3v) is 3.53. The molecule has 136 valence electrons. The predicted molar refractivity (Wildman–Crippen MR) is 92.8 cm³/mol. The van der Waals surface area contributed by atoms with Gasteiger partial charge in [0, 0.05) is 19.6 Å². The summed E-state index contributed by atoms with van der Waals surface area (Å²) in [5.74, 6) is 0.730. The van der Waals surface area contributed by atoms with E-state index in [1.165, 1.54) is 7.11 Å². The van der Waals surface area contributed by atoms with Gasteiger partial charge in [0.1, 0.15) is 0 Å². The van der Waals surface area contributed by atoms with E-state index in [9.17, 15) is 13.2 Å². The zero-order valence-corrected chi connectivity index (χ0v) is 15.6. The van der Waals surface area contributed by atoms with Crippen LogP contribution in [0, 0.1) is 5.92 Å². The number of methoxy groups -OCH3 is 1. The molecule has 0 fully saturated rings. The molecule has 0 radical (unpaired) electrons. The Hall–Kier alpha value is -1.96. The molecule has 0 aromatic heterocycles. The van der Waals surface area contributed by atoms with Crippen LogP contribution in [-0.4, -0.2) is 45.8 Å². The topological polar surface area (TPSA) is 84.9 Å². The summed E-state index contributed by atoms with van der Waals surface area (Å²) in [5, 5.41) is 2.78. The fraction of sp³-hybridized carbons (Fsp3) is 0.562. The molecular weight excluding hydrogens is 332 g/mol. The van der Waals surface area contributed by atoms with Crippen molar-refractivity contribution in [3.63, 3.8) is 0 Å². The van der Waals surface area contributed by atoms with Gasteiger partial charge in [-0.1, -0.05) is 19.9 Å². The molecule has 0 aliphatic heterocycles. The Morgan fingerprint density at radius 2 is 1.96 bits per heavy atom. The van der Waals surface area contributed by atoms with Crippen LogP contribution in [-0.2, 0) is 16.7 Å². The van der Waals surface area contributed by atoms with Gasteiger partial charge in [0.15, 0.2) is 11.5 Å². The number of nitrogens with one attached hydrogen (secondary N) is 1. The summed E-state index contributed by atoms with van der Waals surface area (Å²) in [6, 6.07) is 4.82. The quantitative estimate of drug-likeness (QED) is 0.720. The molecule has 0 aliphatic rings. The first-order valence-electron chi connectivity index (χ1n) is 7.75. The molecule has 1 rings (SSSR count). The van der Waals surface area contributed by atoms with Gasteiger partial charge in [-0.3, -0.25) is 0 Å². The second kappa shape index (κ2) is 8.77. The van der Waals surface area contributed by atoms with E-state index in [-0.39, 0.29) is 11.8 Å². The molecule has 8 heteroatoms. The largest absolute Gasteiger partial charge is 0.493 e. The smallest absolute Gasteiger partial charge is 0.317 e. The van der Waals surface area contributed by atoms with E-state index < -0.39 is 10.1 Å². The summed E-state index contributed by atoms with van der Waals surface area (Å²) >= 11 is 0. The molecule has 1 aromatic carbocycles. The van der Waals surface area contributed by atoms with Crippen LogP contribution < -0.4 is 14.2 Å². The molecule has 24 heavy (non-hydrogen) atoms. The van der Waals surface area contributed by atoms with Crippen molar-refractivity contribution in [2.75, 3.05) is 26.5 Å². The number of nitrogens with zero attached hydrogens (tertiary/aromatic N) is 1. The maximum Gasteiger partial charge on any atom is 0.317 e. The van der Waals surface area contributed by atoms with Crippen LogP contribution in [0.25, 0.3) is 0 Å². The van der Waals surface area contributed by atoms with E-state index in [0.29, 0.717) is 31.3 Å². The Labute approximate surface area is 144 Å². The first kappa shape index (κ1) is 20.1. The third-order valence-electron chi connectivity index (χ3n) is 3.04. The second-order valence-electron chi connectivity index (χ2n) is 5.88. The highest BCUT2D eigenvalue weighted by atomic mass is 32.2. The fourth-order valence-electron chi connectivity index (χ4n) is 2.19. The lowest BCUT2D eigenvalue weighted by Gasteiger charge is -2.25. The van der Waals surface area contributed by atoms with Gasteiger partial charge in [0.05, 0.1) is 13.4 Å². The Bertz CT molecular complexity index is 658. The minimum Gasteiger partial charge on any atom is -0.493 e. The van der Waals surface area contributed by atoms with Crippen molar-refractivity contribution in [2.45, 2.75) is 27.3 Å². The first-order valence-corrected chi connectivity index (χ1v) is 9.57. The lowest BCUT2D eigenvalue weighted by Crippen LogP contribution is -2.41. The van der Waals surface area contributed by atoms with Gasteiger partial charge in [-0.15, -0.1) is 0 Å². The summed E-state index contributed by atoms with van der Waals surface area (Å²) in [6.45, 7) is 7.38. The normalized spacial score (nSPS) is 11.2. The number of hydrogen-bond acceptors (Lipinski definition) is 5. The maximum atomic E-state index is 12.2. The van der Waals surface area contributed by atoms with Crippen molar-refractivity contribution >= 4 is 16.1 Å². The highest BCUT2D eigenvalue weighted by Crippen LogP contribution is 2.29. The molecule has 7 nitrogen and oxygen atoms in total. The molecule has 0 spiro atoms. The van der Waals surface area contributed by atoms with Gasteiger partial charge >= 0.3 is 16.1 Å². The van der Waals surface area contributed by atoms with E-state index >= 15 is 0 Å². The van der Waals surface area contributed by atoms with Gasteiger partial charge in [0.25, 0.3) is 0 Å². The number of benzene rings is 1. The van der Waals surface area contributed by atoms with Gasteiger partial charge in [-0.05, 0) is 30.5 Å². The van der Waals surface area contributed by atoms with Crippen LogP contribution >= 0.6 is 0 Å². The average molecular weight is 358 g/mol. The predicted octanol–water partition coefficient (Wildman–Crippen LogP) is 2.22. The zero-order valence-electron chi connectivity index (χ0n) is 14.8. The van der Waals surface area contributed by atoms with Gasteiger partial charge < -0.3 is 19.1 Å². The molecule has 2 amide bonds. The number of urea groups is 1. The van der Waals surface area contributed by atoms with Crippen molar-refractivity contribution in [3.05, 3.63) is 23.8 Å². The summed E-state index contributed by atoms with van der Waals surface area (Å²) < 4.78 is 32.9. The van der Waals surface area contributed by atoms with Crippen molar-refractivity contribution < 1.29 is 22.1 Å². The van der Waals surface area contributed by atoms with Crippen LogP contribution in [0.1, 0.15) is 26.3 Å². The molecule has 0 aliphatic carbocycles. The number of carbonyl (C=O) groups excluding carboxylic acids is 1. The van der Waals surface area contributed by atoms with E-state index in [1.807, 2.05) is 20.8 Å². The molecule has 0 heterocycles. The molecule has 0 unspecified atom stereocenters. The molecule has 1 aromatic rings. The summed E-state index contributed by atoms with van der Waals surface area (Å²) in [5.41, 5.74) is 0.751. The van der Waals surface area contributed by atoms with E-state index in [4.69, 9.17) is 8.92 Å². The van der Waals surface area contributed by atoms with Crippen LogP contribution in [0.5, 0.6) is 11.5 Å².